The zero-order valence-corrected chi connectivity index (χ0v) is 11.7. The molecule has 1 heterocycles. The summed E-state index contributed by atoms with van der Waals surface area (Å²) in [5.41, 5.74) is 0.157. The van der Waals surface area contributed by atoms with Crippen LogP contribution in [0.5, 0.6) is 0 Å². The lowest BCUT2D eigenvalue weighted by molar-refractivity contribution is 0.244. The Morgan fingerprint density at radius 1 is 1.53 bits per heavy atom. The molecular formula is C13H18FN3OS. The van der Waals surface area contributed by atoms with Gasteiger partial charge in [-0.2, -0.15) is 11.8 Å². The Morgan fingerprint density at radius 2 is 2.37 bits per heavy atom. The van der Waals surface area contributed by atoms with Gasteiger partial charge in [-0.05, 0) is 31.6 Å². The zero-order valence-electron chi connectivity index (χ0n) is 10.9. The van der Waals surface area contributed by atoms with E-state index in [-0.39, 0.29) is 17.8 Å². The van der Waals surface area contributed by atoms with E-state index in [4.69, 9.17) is 0 Å². The van der Waals surface area contributed by atoms with Crippen molar-refractivity contribution in [3.8, 4) is 0 Å². The molecule has 1 aliphatic rings. The van der Waals surface area contributed by atoms with E-state index in [0.717, 1.165) is 25.5 Å². The van der Waals surface area contributed by atoms with Crippen molar-refractivity contribution in [2.24, 2.45) is 0 Å². The van der Waals surface area contributed by atoms with Gasteiger partial charge in [0.05, 0.1) is 11.9 Å². The van der Waals surface area contributed by atoms with Crippen molar-refractivity contribution in [3.63, 3.8) is 0 Å². The van der Waals surface area contributed by atoms with Gasteiger partial charge in [0.25, 0.3) is 0 Å². The Kier molecular flexibility index (Phi) is 5.01. The monoisotopic (exact) mass is 283 g/mol. The molecule has 2 amide bonds. The van der Waals surface area contributed by atoms with Crippen LogP contribution in [-0.2, 0) is 0 Å². The van der Waals surface area contributed by atoms with Crippen LogP contribution in [0.3, 0.4) is 0 Å². The van der Waals surface area contributed by atoms with E-state index in [9.17, 15) is 9.18 Å². The Balaban J connectivity index is 1.86. The molecule has 0 unspecified atom stereocenters. The average molecular weight is 283 g/mol. The van der Waals surface area contributed by atoms with E-state index in [2.05, 4.69) is 21.9 Å². The maximum Gasteiger partial charge on any atom is 0.319 e. The number of nitrogens with one attached hydrogen (secondary N) is 2. The summed E-state index contributed by atoms with van der Waals surface area (Å²) in [7, 11) is 0. The van der Waals surface area contributed by atoms with Gasteiger partial charge < -0.3 is 10.6 Å². The van der Waals surface area contributed by atoms with E-state index >= 15 is 0 Å². The number of carbonyl (C=O) groups is 1. The highest BCUT2D eigenvalue weighted by Crippen LogP contribution is 2.26. The van der Waals surface area contributed by atoms with Crippen LogP contribution < -0.4 is 10.6 Å². The van der Waals surface area contributed by atoms with Crippen molar-refractivity contribution < 1.29 is 9.18 Å². The van der Waals surface area contributed by atoms with Crippen molar-refractivity contribution in [1.82, 2.24) is 10.3 Å². The van der Waals surface area contributed by atoms with Crippen LogP contribution in [0.25, 0.3) is 0 Å². The molecule has 0 saturated heterocycles. The SMILES string of the molecule is CS[C@H]1CCC[C@@H](NC(=O)Nc2ccncc2F)C1. The van der Waals surface area contributed by atoms with Crippen LogP contribution in [0.15, 0.2) is 18.5 Å². The first kappa shape index (κ1) is 14.1. The number of nitrogens with zero attached hydrogens (tertiary/aromatic N) is 1. The minimum absolute atomic E-state index is 0.157. The van der Waals surface area contributed by atoms with Gasteiger partial charge in [-0.3, -0.25) is 4.98 Å². The Morgan fingerprint density at radius 3 is 3.11 bits per heavy atom. The van der Waals surface area contributed by atoms with Gasteiger partial charge in [0.1, 0.15) is 0 Å². The molecule has 0 bridgehead atoms. The lowest BCUT2D eigenvalue weighted by Gasteiger charge is -2.28. The summed E-state index contributed by atoms with van der Waals surface area (Å²) in [6.45, 7) is 0. The van der Waals surface area contributed by atoms with Crippen molar-refractivity contribution in [2.75, 3.05) is 11.6 Å². The number of thioether (sulfide) groups is 1. The summed E-state index contributed by atoms with van der Waals surface area (Å²) in [5.74, 6) is -0.525. The predicted octanol–water partition coefficient (Wildman–Crippen LogP) is 3.02. The summed E-state index contributed by atoms with van der Waals surface area (Å²) in [6, 6.07) is 1.27. The third-order valence-corrected chi connectivity index (χ3v) is 4.41. The number of anilines is 1. The van der Waals surface area contributed by atoms with Gasteiger partial charge in [0.2, 0.25) is 0 Å². The molecule has 2 atom stereocenters. The second-order valence-electron chi connectivity index (χ2n) is 4.68. The van der Waals surface area contributed by atoms with Crippen LogP contribution in [-0.4, -0.2) is 28.6 Å². The standard InChI is InChI=1S/C13H18FN3OS/c1-19-10-4-2-3-9(7-10)16-13(18)17-12-5-6-15-8-11(12)14/h5-6,8-10H,2-4,7H2,1H3,(H2,15,16,17,18)/t9-,10+/m1/s1. The highest BCUT2D eigenvalue weighted by atomic mass is 32.2. The molecular weight excluding hydrogens is 265 g/mol. The normalized spacial score (nSPS) is 22.8. The molecule has 6 heteroatoms. The molecule has 0 radical (unpaired) electrons. The summed E-state index contributed by atoms with van der Waals surface area (Å²) >= 11 is 1.84. The number of amides is 2. The van der Waals surface area contributed by atoms with Crippen molar-refractivity contribution in [1.29, 1.82) is 0 Å². The molecule has 2 N–H and O–H groups in total. The van der Waals surface area contributed by atoms with Gasteiger partial charge in [-0.1, -0.05) is 6.42 Å². The van der Waals surface area contributed by atoms with E-state index in [1.807, 2.05) is 11.8 Å². The topological polar surface area (TPSA) is 54.0 Å². The van der Waals surface area contributed by atoms with Crippen LogP contribution in [0, 0.1) is 5.82 Å². The largest absolute Gasteiger partial charge is 0.335 e. The molecule has 4 nitrogen and oxygen atoms in total. The van der Waals surface area contributed by atoms with Gasteiger partial charge in [0, 0.05) is 17.5 Å². The molecule has 0 aromatic carbocycles. The fourth-order valence-corrected chi connectivity index (χ4v) is 3.14. The van der Waals surface area contributed by atoms with E-state index in [0.29, 0.717) is 5.25 Å². The van der Waals surface area contributed by atoms with E-state index in [1.165, 1.54) is 18.7 Å². The predicted molar refractivity (Wildman–Crippen MR) is 75.9 cm³/mol. The van der Waals surface area contributed by atoms with Gasteiger partial charge in [0.15, 0.2) is 5.82 Å². The third kappa shape index (κ3) is 4.09. The number of carbonyl (C=O) groups excluding carboxylic acids is 1. The molecule has 0 spiro atoms. The Labute approximate surface area is 116 Å². The van der Waals surface area contributed by atoms with Gasteiger partial charge in [-0.15, -0.1) is 0 Å². The smallest absolute Gasteiger partial charge is 0.319 e. The minimum Gasteiger partial charge on any atom is -0.335 e. The molecule has 1 aromatic rings. The summed E-state index contributed by atoms with van der Waals surface area (Å²) in [6.07, 6.45) is 8.93. The number of rotatable bonds is 3. The number of aromatic nitrogens is 1. The van der Waals surface area contributed by atoms with Crippen molar-refractivity contribution in [2.45, 2.75) is 37.0 Å². The van der Waals surface area contributed by atoms with Crippen LogP contribution in [0.4, 0.5) is 14.9 Å². The first-order valence-corrected chi connectivity index (χ1v) is 7.67. The molecule has 19 heavy (non-hydrogen) atoms. The Hall–Kier alpha value is -1.30. The van der Waals surface area contributed by atoms with Gasteiger partial charge >= 0.3 is 6.03 Å². The quantitative estimate of drug-likeness (QED) is 0.896. The summed E-state index contributed by atoms with van der Waals surface area (Å²) in [5, 5.41) is 6.03. The van der Waals surface area contributed by atoms with E-state index in [1.54, 1.807) is 0 Å². The molecule has 1 saturated carbocycles. The average Bonchev–Trinajstić information content (AvgIpc) is 2.41. The number of hydrogen-bond acceptors (Lipinski definition) is 3. The number of halogens is 1. The first-order chi connectivity index (χ1) is 9.19. The maximum atomic E-state index is 13.3. The van der Waals surface area contributed by atoms with Crippen LogP contribution >= 0.6 is 11.8 Å². The van der Waals surface area contributed by atoms with Crippen LogP contribution in [0.1, 0.15) is 25.7 Å². The van der Waals surface area contributed by atoms with Gasteiger partial charge in [-0.25, -0.2) is 9.18 Å². The van der Waals surface area contributed by atoms with Crippen molar-refractivity contribution in [3.05, 3.63) is 24.3 Å². The molecule has 1 aromatic heterocycles. The fourth-order valence-electron chi connectivity index (χ4n) is 2.31. The molecule has 0 aliphatic heterocycles. The lowest BCUT2D eigenvalue weighted by atomic mass is 9.95. The third-order valence-electron chi connectivity index (χ3n) is 3.32. The second-order valence-corrected chi connectivity index (χ2v) is 5.81. The van der Waals surface area contributed by atoms with E-state index < -0.39 is 5.82 Å². The molecule has 2 rings (SSSR count). The maximum absolute atomic E-state index is 13.3. The highest BCUT2D eigenvalue weighted by Gasteiger charge is 2.22. The number of hydrogen-bond donors (Lipinski definition) is 2. The summed E-state index contributed by atoms with van der Waals surface area (Å²) < 4.78 is 13.3. The number of urea groups is 1. The molecule has 104 valence electrons. The first-order valence-electron chi connectivity index (χ1n) is 6.39. The summed E-state index contributed by atoms with van der Waals surface area (Å²) in [4.78, 5) is 15.5. The highest BCUT2D eigenvalue weighted by molar-refractivity contribution is 7.99. The van der Waals surface area contributed by atoms with Crippen molar-refractivity contribution >= 4 is 23.5 Å². The second kappa shape index (κ2) is 6.75. The molecule has 1 fully saturated rings. The zero-order chi connectivity index (χ0) is 13.7. The van der Waals surface area contributed by atoms with Crippen LogP contribution in [0.2, 0.25) is 0 Å². The number of pyridine rings is 1. The lowest BCUT2D eigenvalue weighted by Crippen LogP contribution is -2.41. The Bertz CT molecular complexity index is 444. The minimum atomic E-state index is -0.525. The fraction of sp³-hybridized carbons (Fsp3) is 0.538. The molecule has 1 aliphatic carbocycles.